The highest BCUT2D eigenvalue weighted by atomic mass is 14.0. The second-order valence-corrected chi connectivity index (χ2v) is 2.81. The molecule has 0 heterocycles. The molecule has 12 heavy (non-hydrogen) atoms. The van der Waals surface area contributed by atoms with Crippen molar-refractivity contribution < 1.29 is 0 Å². The van der Waals surface area contributed by atoms with Crippen molar-refractivity contribution in [1.82, 2.24) is 0 Å². The van der Waals surface area contributed by atoms with Gasteiger partial charge in [-0.25, -0.2) is 0 Å². The molecule has 0 aliphatic rings. The molecule has 0 nitrogen and oxygen atoms in total. The summed E-state index contributed by atoms with van der Waals surface area (Å²) in [7, 11) is 0. The zero-order valence-electron chi connectivity index (χ0n) is 7.04. The molecule has 0 unspecified atom stereocenters. The smallest absolute Gasteiger partial charge is 0.0131 e. The van der Waals surface area contributed by atoms with Crippen molar-refractivity contribution in [2.24, 2.45) is 0 Å². The van der Waals surface area contributed by atoms with Gasteiger partial charge in [-0.2, -0.15) is 0 Å². The molecular formula is C12H10. The van der Waals surface area contributed by atoms with Crippen LogP contribution < -0.4 is 0 Å². The van der Waals surface area contributed by atoms with E-state index >= 15 is 0 Å². The Morgan fingerprint density at radius 1 is 0.917 bits per heavy atom. The summed E-state index contributed by atoms with van der Waals surface area (Å²) >= 11 is 0. The minimum absolute atomic E-state index is 1.16. The van der Waals surface area contributed by atoms with Gasteiger partial charge in [0.05, 0.1) is 0 Å². The van der Waals surface area contributed by atoms with Crippen LogP contribution in [0.15, 0.2) is 42.5 Å². The Balaban J connectivity index is 2.67. The van der Waals surface area contributed by atoms with Crippen LogP contribution >= 0.6 is 0 Å². The van der Waals surface area contributed by atoms with Crippen LogP contribution in [0, 0.1) is 6.42 Å². The first-order valence-corrected chi connectivity index (χ1v) is 4.07. The topological polar surface area (TPSA) is 0 Å². The van der Waals surface area contributed by atoms with Crippen molar-refractivity contribution in [2.75, 3.05) is 0 Å². The zero-order chi connectivity index (χ0) is 8.39. The van der Waals surface area contributed by atoms with Crippen molar-refractivity contribution >= 4 is 10.8 Å². The molecule has 2 radical (unpaired) electrons. The van der Waals surface area contributed by atoms with Gasteiger partial charge in [0.2, 0.25) is 0 Å². The molecule has 0 N–H and O–H groups in total. The van der Waals surface area contributed by atoms with E-state index in [4.69, 9.17) is 0 Å². The quantitative estimate of drug-likeness (QED) is 0.591. The molecule has 0 bridgehead atoms. The monoisotopic (exact) mass is 154 g/mol. The Bertz CT molecular complexity index is 388. The summed E-state index contributed by atoms with van der Waals surface area (Å²) in [5.74, 6) is 0. The molecule has 0 spiro atoms. The highest BCUT2D eigenvalue weighted by Gasteiger charge is 1.92. The normalized spacial score (nSPS) is 10.4. The number of benzene rings is 2. The van der Waals surface area contributed by atoms with E-state index in [1.54, 1.807) is 0 Å². The van der Waals surface area contributed by atoms with E-state index in [-0.39, 0.29) is 0 Å². The molecule has 2 aromatic carbocycles. The minimum atomic E-state index is 1.16. The minimum Gasteiger partial charge on any atom is -0.0616 e. The Labute approximate surface area is 72.8 Å². The van der Waals surface area contributed by atoms with Crippen LogP contribution in [0.4, 0.5) is 0 Å². The molecule has 0 aliphatic carbocycles. The third-order valence-corrected chi connectivity index (χ3v) is 2.04. The van der Waals surface area contributed by atoms with Crippen LogP contribution in [0.2, 0.25) is 0 Å². The number of rotatable bonds is 1. The third kappa shape index (κ3) is 1.20. The molecule has 0 amide bonds. The van der Waals surface area contributed by atoms with E-state index in [2.05, 4.69) is 48.9 Å². The molecule has 2 aromatic rings. The second kappa shape index (κ2) is 2.98. The molecule has 0 atom stereocenters. The lowest BCUT2D eigenvalue weighted by atomic mass is 10.1. The van der Waals surface area contributed by atoms with Gasteiger partial charge in [0.1, 0.15) is 0 Å². The fourth-order valence-electron chi connectivity index (χ4n) is 1.34. The van der Waals surface area contributed by atoms with E-state index in [0.717, 1.165) is 5.56 Å². The molecule has 0 aliphatic heterocycles. The molecular weight excluding hydrogens is 144 g/mol. The van der Waals surface area contributed by atoms with Gasteiger partial charge in [-0.15, -0.1) is 0 Å². The first-order valence-electron chi connectivity index (χ1n) is 4.07. The lowest BCUT2D eigenvalue weighted by molar-refractivity contribution is 1.44. The maximum absolute atomic E-state index is 3.12. The highest BCUT2D eigenvalue weighted by molar-refractivity contribution is 5.83. The van der Waals surface area contributed by atoms with Gasteiger partial charge in [-0.05, 0) is 16.3 Å². The fourth-order valence-corrected chi connectivity index (χ4v) is 1.34. The summed E-state index contributed by atoms with van der Waals surface area (Å²) in [6.45, 7) is 1.93. The molecule has 0 saturated carbocycles. The standard InChI is InChI=1S/C12H10/c1-2-10-7-8-11-5-3-4-6-12(11)9-10/h3-9H,1H3. The van der Waals surface area contributed by atoms with Crippen LogP contribution in [0.5, 0.6) is 0 Å². The summed E-state index contributed by atoms with van der Waals surface area (Å²) in [6, 6.07) is 14.7. The fraction of sp³-hybridized carbons (Fsp3) is 0.0833. The summed E-state index contributed by atoms with van der Waals surface area (Å²) in [4.78, 5) is 0. The van der Waals surface area contributed by atoms with Crippen LogP contribution in [0.25, 0.3) is 10.8 Å². The molecule has 58 valence electrons. The molecule has 2 rings (SSSR count). The molecule has 0 heteroatoms. The van der Waals surface area contributed by atoms with Gasteiger partial charge < -0.3 is 0 Å². The summed E-state index contributed by atoms with van der Waals surface area (Å²) in [6.07, 6.45) is 3.12. The molecule has 0 aromatic heterocycles. The summed E-state index contributed by atoms with van der Waals surface area (Å²) in [5.41, 5.74) is 1.16. The second-order valence-electron chi connectivity index (χ2n) is 2.81. The van der Waals surface area contributed by atoms with E-state index in [0.29, 0.717) is 0 Å². The van der Waals surface area contributed by atoms with Crippen LogP contribution in [-0.4, -0.2) is 0 Å². The van der Waals surface area contributed by atoms with Crippen LogP contribution in [0.1, 0.15) is 12.5 Å². The average Bonchev–Trinajstić information content (AvgIpc) is 2.17. The van der Waals surface area contributed by atoms with Crippen molar-refractivity contribution in [3.05, 3.63) is 54.4 Å². The van der Waals surface area contributed by atoms with Gasteiger partial charge in [-0.3, -0.25) is 0 Å². The average molecular weight is 154 g/mol. The maximum Gasteiger partial charge on any atom is 0.0131 e. The van der Waals surface area contributed by atoms with Gasteiger partial charge in [-0.1, -0.05) is 49.4 Å². The molecule has 0 saturated heterocycles. The van der Waals surface area contributed by atoms with E-state index in [1.807, 2.05) is 6.92 Å². The van der Waals surface area contributed by atoms with Crippen molar-refractivity contribution in [2.45, 2.75) is 6.92 Å². The predicted octanol–water partition coefficient (Wildman–Crippen LogP) is 3.29. The highest BCUT2D eigenvalue weighted by Crippen LogP contribution is 2.16. The largest absolute Gasteiger partial charge is 0.0616 e. The van der Waals surface area contributed by atoms with Gasteiger partial charge >= 0.3 is 0 Å². The zero-order valence-corrected chi connectivity index (χ0v) is 7.04. The summed E-state index contributed by atoms with van der Waals surface area (Å²) in [5, 5.41) is 2.57. The number of hydrogen-bond donors (Lipinski definition) is 0. The van der Waals surface area contributed by atoms with Crippen molar-refractivity contribution in [3.63, 3.8) is 0 Å². The van der Waals surface area contributed by atoms with Crippen molar-refractivity contribution in [1.29, 1.82) is 0 Å². The lowest BCUT2D eigenvalue weighted by Crippen LogP contribution is -1.77. The molecule has 0 fully saturated rings. The van der Waals surface area contributed by atoms with E-state index in [1.165, 1.54) is 10.8 Å². The first-order chi connectivity index (χ1) is 5.90. The van der Waals surface area contributed by atoms with Crippen molar-refractivity contribution in [3.8, 4) is 0 Å². The Hall–Kier alpha value is -1.30. The predicted molar refractivity (Wildman–Crippen MR) is 52.0 cm³/mol. The summed E-state index contributed by atoms with van der Waals surface area (Å²) < 4.78 is 0. The van der Waals surface area contributed by atoms with Crippen LogP contribution in [0.3, 0.4) is 0 Å². The van der Waals surface area contributed by atoms with Crippen LogP contribution in [-0.2, 0) is 0 Å². The van der Waals surface area contributed by atoms with Gasteiger partial charge in [0, 0.05) is 6.42 Å². The third-order valence-electron chi connectivity index (χ3n) is 2.04. The SMILES string of the molecule is C[C]c1ccc2ccccc2c1. The van der Waals surface area contributed by atoms with E-state index in [9.17, 15) is 0 Å². The number of hydrogen-bond acceptors (Lipinski definition) is 0. The number of fused-ring (bicyclic) bond motifs is 1. The first kappa shape index (κ1) is 7.35. The Morgan fingerprint density at radius 2 is 1.67 bits per heavy atom. The van der Waals surface area contributed by atoms with E-state index < -0.39 is 0 Å². The Morgan fingerprint density at radius 3 is 2.42 bits per heavy atom. The Kier molecular flexibility index (Phi) is 1.83. The van der Waals surface area contributed by atoms with Gasteiger partial charge in [0.15, 0.2) is 0 Å². The lowest BCUT2D eigenvalue weighted by Gasteiger charge is -1.99. The maximum atomic E-state index is 3.12. The van der Waals surface area contributed by atoms with Gasteiger partial charge in [0.25, 0.3) is 0 Å².